The number of carbonyl (C=O) groups is 3. The molecule has 0 radical (unpaired) electrons. The van der Waals surface area contributed by atoms with Crippen LogP contribution in [0.1, 0.15) is 47.5 Å². The zero-order valence-corrected chi connectivity index (χ0v) is 16.3. The third kappa shape index (κ3) is 9.00. The summed E-state index contributed by atoms with van der Waals surface area (Å²) in [5.74, 6) is -0.439. The Morgan fingerprint density at radius 1 is 1.21 bits per heavy atom. The Balaban J connectivity index is 4.99. The van der Waals surface area contributed by atoms with E-state index < -0.39 is 35.6 Å². The number of hydrogen-bond donors (Lipinski definition) is 3. The molecule has 0 spiro atoms. The highest BCUT2D eigenvalue weighted by Gasteiger charge is 2.30. The molecule has 7 nitrogen and oxygen atoms in total. The van der Waals surface area contributed by atoms with Crippen LogP contribution in [0.4, 0.5) is 4.79 Å². The second-order valence-electron chi connectivity index (χ2n) is 6.75. The van der Waals surface area contributed by atoms with E-state index in [2.05, 4.69) is 10.6 Å². The third-order valence-electron chi connectivity index (χ3n) is 3.44. The summed E-state index contributed by atoms with van der Waals surface area (Å²) < 4.78 is 5.21. The van der Waals surface area contributed by atoms with Crippen LogP contribution in [0.2, 0.25) is 0 Å². The highest BCUT2D eigenvalue weighted by Crippen LogP contribution is 2.12. The first-order chi connectivity index (χ1) is 11.0. The zero-order chi connectivity index (χ0) is 18.9. The Bertz CT molecular complexity index is 438. The second-order valence-corrected chi connectivity index (χ2v) is 7.74. The molecular formula is C16H31N3O4S. The van der Waals surface area contributed by atoms with Crippen LogP contribution in [0, 0.1) is 5.92 Å². The fourth-order valence-corrected chi connectivity index (χ4v) is 2.39. The molecular weight excluding hydrogens is 330 g/mol. The summed E-state index contributed by atoms with van der Waals surface area (Å²) in [6, 6.07) is -1.54. The van der Waals surface area contributed by atoms with Crippen LogP contribution >= 0.6 is 11.8 Å². The number of amides is 3. The van der Waals surface area contributed by atoms with Gasteiger partial charge in [0.1, 0.15) is 17.7 Å². The number of nitrogens with one attached hydrogen (secondary N) is 2. The predicted octanol–water partition coefficient (Wildman–Crippen LogP) is 1.65. The van der Waals surface area contributed by atoms with Crippen molar-refractivity contribution >= 4 is 29.7 Å². The van der Waals surface area contributed by atoms with Crippen molar-refractivity contribution in [3.8, 4) is 0 Å². The van der Waals surface area contributed by atoms with Crippen molar-refractivity contribution in [1.82, 2.24) is 10.6 Å². The second kappa shape index (κ2) is 10.4. The molecule has 4 N–H and O–H groups in total. The molecule has 0 aliphatic rings. The Kier molecular flexibility index (Phi) is 9.80. The smallest absolute Gasteiger partial charge is 0.408 e. The summed E-state index contributed by atoms with van der Waals surface area (Å²) in [7, 11) is 0. The van der Waals surface area contributed by atoms with Crippen molar-refractivity contribution in [3.63, 3.8) is 0 Å². The summed E-state index contributed by atoms with van der Waals surface area (Å²) >= 11 is 1.56. The standard InChI is InChI=1S/C16H31N3O4S/c1-7-10(2)12(19-15(22)23-16(3,4)5)14(21)18-11(13(17)20)8-9-24-6/h10-12H,7-9H2,1-6H3,(H2,17,20)(H,18,21)(H,19,22)/t10?,11-,12-/m0/s1. The molecule has 0 aromatic heterocycles. The number of primary amides is 1. The van der Waals surface area contributed by atoms with Crippen molar-refractivity contribution in [3.05, 3.63) is 0 Å². The van der Waals surface area contributed by atoms with Crippen LogP contribution in [0.5, 0.6) is 0 Å². The fraction of sp³-hybridized carbons (Fsp3) is 0.812. The molecule has 0 aliphatic heterocycles. The quantitative estimate of drug-likeness (QED) is 0.578. The number of nitrogens with two attached hydrogens (primary N) is 1. The zero-order valence-electron chi connectivity index (χ0n) is 15.5. The van der Waals surface area contributed by atoms with Gasteiger partial charge in [0.05, 0.1) is 0 Å². The van der Waals surface area contributed by atoms with Gasteiger partial charge in [-0.05, 0) is 45.1 Å². The van der Waals surface area contributed by atoms with Gasteiger partial charge in [-0.2, -0.15) is 11.8 Å². The van der Waals surface area contributed by atoms with E-state index in [1.807, 2.05) is 20.1 Å². The summed E-state index contributed by atoms with van der Waals surface area (Å²) in [4.78, 5) is 36.0. The molecule has 1 unspecified atom stereocenters. The maximum absolute atomic E-state index is 12.5. The highest BCUT2D eigenvalue weighted by molar-refractivity contribution is 7.98. The number of alkyl carbamates (subject to hydrolysis) is 1. The van der Waals surface area contributed by atoms with E-state index in [0.717, 1.165) is 0 Å². The van der Waals surface area contributed by atoms with Gasteiger partial charge in [-0.1, -0.05) is 20.3 Å². The van der Waals surface area contributed by atoms with Crippen LogP contribution in [-0.4, -0.2) is 47.6 Å². The third-order valence-corrected chi connectivity index (χ3v) is 4.08. The van der Waals surface area contributed by atoms with E-state index in [1.165, 1.54) is 0 Å². The Hall–Kier alpha value is -1.44. The molecule has 0 bridgehead atoms. The Labute approximate surface area is 148 Å². The van der Waals surface area contributed by atoms with E-state index in [1.54, 1.807) is 32.5 Å². The van der Waals surface area contributed by atoms with Crippen molar-refractivity contribution in [2.45, 2.75) is 65.1 Å². The number of ether oxygens (including phenoxy) is 1. The number of hydrogen-bond acceptors (Lipinski definition) is 5. The monoisotopic (exact) mass is 361 g/mol. The van der Waals surface area contributed by atoms with E-state index in [9.17, 15) is 14.4 Å². The molecule has 0 aliphatic carbocycles. The summed E-state index contributed by atoms with van der Waals surface area (Å²) in [5.41, 5.74) is 4.69. The molecule has 8 heteroatoms. The lowest BCUT2D eigenvalue weighted by atomic mass is 9.98. The lowest BCUT2D eigenvalue weighted by Crippen LogP contribution is -2.55. The van der Waals surface area contributed by atoms with Gasteiger partial charge < -0.3 is 21.1 Å². The van der Waals surface area contributed by atoms with Crippen LogP contribution in [-0.2, 0) is 14.3 Å². The first kappa shape index (κ1) is 22.6. The van der Waals surface area contributed by atoms with Crippen LogP contribution < -0.4 is 16.4 Å². The van der Waals surface area contributed by atoms with Gasteiger partial charge in [-0.3, -0.25) is 9.59 Å². The minimum absolute atomic E-state index is 0.119. The molecule has 3 amide bonds. The lowest BCUT2D eigenvalue weighted by Gasteiger charge is -2.27. The Morgan fingerprint density at radius 3 is 2.21 bits per heavy atom. The average molecular weight is 362 g/mol. The molecule has 0 heterocycles. The van der Waals surface area contributed by atoms with Crippen LogP contribution in [0.25, 0.3) is 0 Å². The maximum atomic E-state index is 12.5. The van der Waals surface area contributed by atoms with Gasteiger partial charge in [-0.15, -0.1) is 0 Å². The molecule has 140 valence electrons. The van der Waals surface area contributed by atoms with Crippen molar-refractivity contribution in [1.29, 1.82) is 0 Å². The molecule has 0 aromatic carbocycles. The van der Waals surface area contributed by atoms with Gasteiger partial charge in [0.25, 0.3) is 0 Å². The van der Waals surface area contributed by atoms with Gasteiger partial charge in [0.15, 0.2) is 0 Å². The first-order valence-corrected chi connectivity index (χ1v) is 9.49. The summed E-state index contributed by atoms with van der Waals surface area (Å²) in [5, 5.41) is 5.23. The van der Waals surface area contributed by atoms with Crippen molar-refractivity contribution in [2.24, 2.45) is 11.7 Å². The minimum atomic E-state index is -0.791. The maximum Gasteiger partial charge on any atom is 0.408 e. The molecule has 0 rings (SSSR count). The molecule has 0 fully saturated rings. The molecule has 0 saturated heterocycles. The largest absolute Gasteiger partial charge is 0.444 e. The average Bonchev–Trinajstić information content (AvgIpc) is 2.45. The number of carbonyl (C=O) groups excluding carboxylic acids is 3. The van der Waals surface area contributed by atoms with Crippen molar-refractivity contribution < 1.29 is 19.1 Å². The minimum Gasteiger partial charge on any atom is -0.444 e. The molecule has 3 atom stereocenters. The number of thioether (sulfide) groups is 1. The lowest BCUT2D eigenvalue weighted by molar-refractivity contribution is -0.129. The highest BCUT2D eigenvalue weighted by atomic mass is 32.2. The van der Waals surface area contributed by atoms with E-state index >= 15 is 0 Å². The first-order valence-electron chi connectivity index (χ1n) is 8.10. The predicted molar refractivity (Wildman–Crippen MR) is 96.7 cm³/mol. The van der Waals surface area contributed by atoms with E-state index in [4.69, 9.17) is 10.5 Å². The van der Waals surface area contributed by atoms with Gasteiger partial charge in [0.2, 0.25) is 11.8 Å². The van der Waals surface area contributed by atoms with Crippen LogP contribution in [0.15, 0.2) is 0 Å². The normalized spacial score (nSPS) is 15.1. The van der Waals surface area contributed by atoms with Crippen molar-refractivity contribution in [2.75, 3.05) is 12.0 Å². The van der Waals surface area contributed by atoms with E-state index in [0.29, 0.717) is 18.6 Å². The molecule has 24 heavy (non-hydrogen) atoms. The van der Waals surface area contributed by atoms with Gasteiger partial charge in [-0.25, -0.2) is 4.79 Å². The SMILES string of the molecule is CCC(C)[C@H](NC(=O)OC(C)(C)C)C(=O)N[C@@H](CCSC)C(N)=O. The summed E-state index contributed by atoms with van der Waals surface area (Å²) in [6.45, 7) is 9.01. The Morgan fingerprint density at radius 2 is 1.79 bits per heavy atom. The number of rotatable bonds is 9. The molecule has 0 aromatic rings. The van der Waals surface area contributed by atoms with Crippen LogP contribution in [0.3, 0.4) is 0 Å². The topological polar surface area (TPSA) is 111 Å². The van der Waals surface area contributed by atoms with E-state index in [-0.39, 0.29) is 5.92 Å². The fourth-order valence-electron chi connectivity index (χ4n) is 1.92. The molecule has 0 saturated carbocycles. The van der Waals surface area contributed by atoms with Gasteiger partial charge >= 0.3 is 6.09 Å². The summed E-state index contributed by atoms with van der Waals surface area (Å²) in [6.07, 6.45) is 2.37. The van der Waals surface area contributed by atoms with Gasteiger partial charge in [0, 0.05) is 0 Å².